The Morgan fingerprint density at radius 1 is 1.21 bits per heavy atom. The van der Waals surface area contributed by atoms with Crippen LogP contribution in [0.25, 0.3) is 10.9 Å². The first-order valence-electron chi connectivity index (χ1n) is 7.67. The lowest BCUT2D eigenvalue weighted by Gasteiger charge is -2.16. The third-order valence-electron chi connectivity index (χ3n) is 4.19. The van der Waals surface area contributed by atoms with E-state index in [9.17, 15) is 9.90 Å². The van der Waals surface area contributed by atoms with Crippen molar-refractivity contribution in [3.8, 4) is 11.5 Å². The summed E-state index contributed by atoms with van der Waals surface area (Å²) in [4.78, 5) is 17.1. The molecule has 0 saturated carbocycles. The summed E-state index contributed by atoms with van der Waals surface area (Å²) in [5.74, 6) is 1.83. The van der Waals surface area contributed by atoms with Gasteiger partial charge in [-0.1, -0.05) is 18.2 Å². The van der Waals surface area contributed by atoms with E-state index in [0.717, 1.165) is 0 Å². The lowest BCUT2D eigenvalue weighted by Crippen LogP contribution is -2.26. The fourth-order valence-corrected chi connectivity index (χ4v) is 2.89. The lowest BCUT2D eigenvalue weighted by atomic mass is 10.1. The number of nitrogens with zero attached hydrogens (tertiary/aromatic N) is 2. The number of aryl methyl sites for hydroxylation is 1. The maximum absolute atomic E-state index is 12.7. The normalized spacial score (nSPS) is 14.1. The van der Waals surface area contributed by atoms with E-state index in [4.69, 9.17) is 9.47 Å². The van der Waals surface area contributed by atoms with E-state index in [1.54, 1.807) is 37.3 Å². The van der Waals surface area contributed by atoms with E-state index in [0.29, 0.717) is 33.8 Å². The number of rotatable bonds is 3. The molecule has 2 aromatic carbocycles. The van der Waals surface area contributed by atoms with Gasteiger partial charge in [0.25, 0.3) is 5.56 Å². The van der Waals surface area contributed by atoms with E-state index in [-0.39, 0.29) is 18.9 Å². The molecular weight excluding hydrogens is 308 g/mol. The highest BCUT2D eigenvalue weighted by molar-refractivity contribution is 5.77. The van der Waals surface area contributed by atoms with E-state index >= 15 is 0 Å². The second-order valence-corrected chi connectivity index (χ2v) is 5.72. The number of aliphatic hydroxyl groups excluding tert-OH is 1. The van der Waals surface area contributed by atoms with Crippen molar-refractivity contribution in [1.29, 1.82) is 0 Å². The molecule has 0 amide bonds. The molecule has 122 valence electrons. The van der Waals surface area contributed by atoms with Gasteiger partial charge in [-0.15, -0.1) is 0 Å². The summed E-state index contributed by atoms with van der Waals surface area (Å²) in [6.45, 7) is 2.07. The van der Waals surface area contributed by atoms with Crippen molar-refractivity contribution in [3.63, 3.8) is 0 Å². The zero-order chi connectivity index (χ0) is 16.7. The highest BCUT2D eigenvalue weighted by Crippen LogP contribution is 2.34. The second kappa shape index (κ2) is 5.65. The molecule has 24 heavy (non-hydrogen) atoms. The third-order valence-corrected chi connectivity index (χ3v) is 4.19. The molecule has 0 radical (unpaired) electrons. The van der Waals surface area contributed by atoms with Crippen LogP contribution < -0.4 is 15.0 Å². The summed E-state index contributed by atoms with van der Waals surface area (Å²) in [5.41, 5.74) is 1.17. The first-order chi connectivity index (χ1) is 11.6. The summed E-state index contributed by atoms with van der Waals surface area (Å²) < 4.78 is 12.1. The van der Waals surface area contributed by atoms with Crippen LogP contribution in [-0.4, -0.2) is 21.5 Å². The maximum atomic E-state index is 12.7. The smallest absolute Gasteiger partial charge is 0.261 e. The zero-order valence-electron chi connectivity index (χ0n) is 13.1. The molecule has 6 nitrogen and oxygen atoms in total. The minimum absolute atomic E-state index is 0.127. The van der Waals surface area contributed by atoms with Gasteiger partial charge in [-0.25, -0.2) is 4.98 Å². The summed E-state index contributed by atoms with van der Waals surface area (Å²) in [6.07, 6.45) is -0.848. The number of hydrogen-bond acceptors (Lipinski definition) is 5. The molecule has 1 aromatic heterocycles. The fourth-order valence-electron chi connectivity index (χ4n) is 2.89. The number of aliphatic hydroxyl groups is 1. The predicted octanol–water partition coefficient (Wildman–Crippen LogP) is 2.17. The minimum Gasteiger partial charge on any atom is -0.454 e. The average molecular weight is 324 g/mol. The van der Waals surface area contributed by atoms with Gasteiger partial charge in [0.2, 0.25) is 6.79 Å². The monoisotopic (exact) mass is 324 g/mol. The first kappa shape index (κ1) is 14.7. The third kappa shape index (κ3) is 2.41. The van der Waals surface area contributed by atoms with Crippen LogP contribution in [0.1, 0.15) is 17.5 Å². The summed E-state index contributed by atoms with van der Waals surface area (Å²) in [6, 6.07) is 12.5. The van der Waals surface area contributed by atoms with Crippen LogP contribution in [0.3, 0.4) is 0 Å². The molecule has 0 bridgehead atoms. The number of benzene rings is 2. The van der Waals surface area contributed by atoms with Gasteiger partial charge in [0, 0.05) is 0 Å². The first-order valence-corrected chi connectivity index (χ1v) is 7.67. The maximum Gasteiger partial charge on any atom is 0.261 e. The van der Waals surface area contributed by atoms with Crippen molar-refractivity contribution in [1.82, 2.24) is 9.55 Å². The number of para-hydroxylation sites is 1. The standard InChI is InChI=1S/C18H16N2O4/c1-11-19-14-5-3-2-4-13(14)18(22)20(11)9-15(21)12-6-7-16-17(8-12)24-10-23-16/h2-8,15,21H,9-10H2,1H3/t15-/m0/s1. The Kier molecular flexibility index (Phi) is 3.46. The van der Waals surface area contributed by atoms with E-state index in [1.165, 1.54) is 4.57 Å². The number of aromatic nitrogens is 2. The van der Waals surface area contributed by atoms with Gasteiger partial charge < -0.3 is 14.6 Å². The second-order valence-electron chi connectivity index (χ2n) is 5.72. The lowest BCUT2D eigenvalue weighted by molar-refractivity contribution is 0.153. The van der Waals surface area contributed by atoms with E-state index < -0.39 is 6.10 Å². The quantitative estimate of drug-likeness (QED) is 0.799. The average Bonchev–Trinajstić information content (AvgIpc) is 3.06. The molecule has 1 atom stereocenters. The molecule has 0 saturated heterocycles. The van der Waals surface area contributed by atoms with Crippen LogP contribution in [0.2, 0.25) is 0 Å². The molecule has 3 aromatic rings. The molecule has 0 aliphatic carbocycles. The fraction of sp³-hybridized carbons (Fsp3) is 0.222. The summed E-state index contributed by atoms with van der Waals surface area (Å²) in [7, 11) is 0. The van der Waals surface area contributed by atoms with Gasteiger partial charge in [-0.2, -0.15) is 0 Å². The van der Waals surface area contributed by atoms with Crippen LogP contribution in [-0.2, 0) is 6.54 Å². The Morgan fingerprint density at radius 2 is 2.00 bits per heavy atom. The van der Waals surface area contributed by atoms with Gasteiger partial charge in [0.05, 0.1) is 23.6 Å². The van der Waals surface area contributed by atoms with Gasteiger partial charge in [0.1, 0.15) is 5.82 Å². The molecule has 1 aliphatic rings. The van der Waals surface area contributed by atoms with E-state index in [1.807, 2.05) is 12.1 Å². The zero-order valence-corrected chi connectivity index (χ0v) is 13.1. The summed E-state index contributed by atoms with van der Waals surface area (Å²) >= 11 is 0. The molecule has 1 N–H and O–H groups in total. The largest absolute Gasteiger partial charge is 0.454 e. The van der Waals surface area contributed by atoms with E-state index in [2.05, 4.69) is 4.98 Å². The number of ether oxygens (including phenoxy) is 2. The van der Waals surface area contributed by atoms with Gasteiger partial charge in [0.15, 0.2) is 11.5 Å². The Balaban J connectivity index is 1.70. The Bertz CT molecular complexity index is 980. The van der Waals surface area contributed by atoms with Crippen molar-refractivity contribution in [2.45, 2.75) is 19.6 Å². The van der Waals surface area contributed by atoms with Crippen molar-refractivity contribution < 1.29 is 14.6 Å². The Labute approximate surface area is 137 Å². The molecule has 2 heterocycles. The van der Waals surface area contributed by atoms with Crippen LogP contribution in [0, 0.1) is 6.92 Å². The van der Waals surface area contributed by atoms with Crippen molar-refractivity contribution in [2.75, 3.05) is 6.79 Å². The molecule has 0 fully saturated rings. The van der Waals surface area contributed by atoms with Crippen molar-refractivity contribution in [2.24, 2.45) is 0 Å². The molecular formula is C18H16N2O4. The van der Waals surface area contributed by atoms with Crippen LogP contribution in [0.4, 0.5) is 0 Å². The molecule has 6 heteroatoms. The van der Waals surface area contributed by atoms with Gasteiger partial charge in [-0.3, -0.25) is 9.36 Å². The Morgan fingerprint density at radius 3 is 2.88 bits per heavy atom. The summed E-state index contributed by atoms with van der Waals surface area (Å²) in [5, 5.41) is 11.1. The SMILES string of the molecule is Cc1nc2ccccc2c(=O)n1C[C@H](O)c1ccc2c(c1)OCO2. The van der Waals surface area contributed by atoms with Crippen molar-refractivity contribution >= 4 is 10.9 Å². The predicted molar refractivity (Wildman–Crippen MR) is 88.3 cm³/mol. The molecule has 1 aliphatic heterocycles. The highest BCUT2D eigenvalue weighted by atomic mass is 16.7. The molecule has 0 spiro atoms. The number of fused-ring (bicyclic) bond motifs is 2. The minimum atomic E-state index is -0.848. The van der Waals surface area contributed by atoms with Crippen molar-refractivity contribution in [3.05, 3.63) is 64.2 Å². The Hall–Kier alpha value is -2.86. The van der Waals surface area contributed by atoms with Gasteiger partial charge in [-0.05, 0) is 36.8 Å². The van der Waals surface area contributed by atoms with Crippen LogP contribution >= 0.6 is 0 Å². The van der Waals surface area contributed by atoms with Gasteiger partial charge >= 0.3 is 0 Å². The molecule has 0 unspecified atom stereocenters. The highest BCUT2D eigenvalue weighted by Gasteiger charge is 2.18. The molecule has 4 rings (SSSR count). The number of hydrogen-bond donors (Lipinski definition) is 1. The van der Waals surface area contributed by atoms with Crippen LogP contribution in [0.5, 0.6) is 11.5 Å². The topological polar surface area (TPSA) is 73.6 Å². The van der Waals surface area contributed by atoms with Crippen LogP contribution in [0.15, 0.2) is 47.3 Å².